The van der Waals surface area contributed by atoms with Crippen molar-refractivity contribution in [2.45, 2.75) is 37.5 Å². The van der Waals surface area contributed by atoms with Crippen LogP contribution in [0.25, 0.3) is 0 Å². The highest BCUT2D eigenvalue weighted by atomic mass is 19.4. The van der Waals surface area contributed by atoms with Crippen molar-refractivity contribution >= 4 is 0 Å². The maximum absolute atomic E-state index is 13.1. The van der Waals surface area contributed by atoms with Gasteiger partial charge < -0.3 is 9.84 Å². The minimum atomic E-state index is -6.24. The molecular formula is C8H11F7O2. The molecule has 0 aliphatic heterocycles. The monoisotopic (exact) mass is 272 g/mol. The molecule has 0 amide bonds. The Kier molecular flexibility index (Phi) is 5.20. The number of ether oxygens (including phenoxy) is 1. The van der Waals surface area contributed by atoms with E-state index in [2.05, 4.69) is 4.74 Å². The number of halogens is 7. The van der Waals surface area contributed by atoms with Gasteiger partial charge in [0.25, 0.3) is 0 Å². The summed E-state index contributed by atoms with van der Waals surface area (Å²) in [5.74, 6) is 0. The lowest BCUT2D eigenvalue weighted by molar-refractivity contribution is -0.365. The molecule has 1 atom stereocenters. The molecule has 0 fully saturated rings. The van der Waals surface area contributed by atoms with Crippen molar-refractivity contribution in [1.82, 2.24) is 0 Å². The summed E-state index contributed by atoms with van der Waals surface area (Å²) in [5, 5.41) is 8.77. The van der Waals surface area contributed by atoms with E-state index in [4.69, 9.17) is 5.11 Å². The molecule has 0 heterocycles. The first-order valence-corrected chi connectivity index (χ1v) is 4.56. The highest BCUT2D eigenvalue weighted by Gasteiger charge is 2.75. The molecule has 0 saturated carbocycles. The van der Waals surface area contributed by atoms with Gasteiger partial charge in [-0.25, -0.2) is 4.39 Å². The second kappa shape index (κ2) is 5.38. The van der Waals surface area contributed by atoms with Crippen molar-refractivity contribution in [1.29, 1.82) is 0 Å². The highest BCUT2D eigenvalue weighted by Crippen LogP contribution is 2.48. The Labute approximate surface area is 92.4 Å². The normalized spacial score (nSPS) is 16.1. The van der Waals surface area contributed by atoms with Crippen LogP contribution in [0.3, 0.4) is 0 Å². The van der Waals surface area contributed by atoms with Crippen molar-refractivity contribution in [2.24, 2.45) is 0 Å². The van der Waals surface area contributed by atoms with Crippen LogP contribution in [0, 0.1) is 0 Å². The van der Waals surface area contributed by atoms with E-state index in [1.54, 1.807) is 0 Å². The summed E-state index contributed by atoms with van der Waals surface area (Å²) in [7, 11) is 0. The largest absolute Gasteiger partial charge is 0.434 e. The van der Waals surface area contributed by atoms with E-state index in [9.17, 15) is 30.7 Å². The molecule has 17 heavy (non-hydrogen) atoms. The number of aliphatic hydroxyl groups excluding tert-OH is 1. The molecule has 0 bridgehead atoms. The van der Waals surface area contributed by atoms with E-state index in [1.807, 2.05) is 0 Å². The van der Waals surface area contributed by atoms with Gasteiger partial charge in [0, 0.05) is 19.6 Å². The second-order valence-corrected chi connectivity index (χ2v) is 3.21. The third-order valence-corrected chi connectivity index (χ3v) is 2.02. The molecule has 104 valence electrons. The van der Waals surface area contributed by atoms with Gasteiger partial charge in [0.05, 0.1) is 0 Å². The van der Waals surface area contributed by atoms with Crippen LogP contribution in [0.5, 0.6) is 0 Å². The van der Waals surface area contributed by atoms with Crippen molar-refractivity contribution in [3.63, 3.8) is 0 Å². The van der Waals surface area contributed by atoms with Crippen molar-refractivity contribution in [3.8, 4) is 0 Å². The predicted octanol–water partition coefficient (Wildman–Crippen LogP) is 2.61. The zero-order valence-electron chi connectivity index (χ0n) is 8.70. The minimum Gasteiger partial charge on any atom is -0.389 e. The maximum Gasteiger partial charge on any atom is 0.434 e. The first kappa shape index (κ1) is 16.4. The molecule has 0 saturated heterocycles. The van der Waals surface area contributed by atoms with Crippen LogP contribution in [0.15, 0.2) is 0 Å². The van der Waals surface area contributed by atoms with E-state index in [0.717, 1.165) is 0 Å². The van der Waals surface area contributed by atoms with Crippen LogP contribution >= 0.6 is 0 Å². The first-order chi connectivity index (χ1) is 7.48. The molecule has 0 aliphatic rings. The van der Waals surface area contributed by atoms with Gasteiger partial charge in [-0.05, 0) is 6.92 Å². The molecule has 9 heteroatoms. The van der Waals surface area contributed by atoms with E-state index in [1.165, 1.54) is 6.92 Å². The van der Waals surface area contributed by atoms with E-state index in [0.29, 0.717) is 0 Å². The lowest BCUT2D eigenvalue weighted by Crippen LogP contribution is -2.61. The fraction of sp³-hybridized carbons (Fsp3) is 1.00. The van der Waals surface area contributed by atoms with Crippen molar-refractivity contribution in [3.05, 3.63) is 0 Å². The molecule has 0 aromatic rings. The fourth-order valence-corrected chi connectivity index (χ4v) is 1.08. The molecule has 0 spiro atoms. The summed E-state index contributed by atoms with van der Waals surface area (Å²) < 4.78 is 89.9. The van der Waals surface area contributed by atoms with Gasteiger partial charge >= 0.3 is 18.0 Å². The topological polar surface area (TPSA) is 29.5 Å². The molecular weight excluding hydrogens is 261 g/mol. The Morgan fingerprint density at radius 2 is 1.41 bits per heavy atom. The summed E-state index contributed by atoms with van der Waals surface area (Å²) in [6, 6.07) is 0. The Bertz CT molecular complexity index is 221. The number of hydrogen-bond acceptors (Lipinski definition) is 2. The summed E-state index contributed by atoms with van der Waals surface area (Å²) in [4.78, 5) is 0. The van der Waals surface area contributed by atoms with Gasteiger partial charge in [0.15, 0.2) is 0 Å². The van der Waals surface area contributed by atoms with Crippen LogP contribution in [-0.4, -0.2) is 42.4 Å². The maximum atomic E-state index is 13.1. The third kappa shape index (κ3) is 3.44. The summed E-state index contributed by atoms with van der Waals surface area (Å²) in [6.45, 7) is 0.877. The smallest absolute Gasteiger partial charge is 0.389 e. The predicted molar refractivity (Wildman–Crippen MR) is 43.1 cm³/mol. The zero-order valence-corrected chi connectivity index (χ0v) is 8.70. The lowest BCUT2D eigenvalue weighted by Gasteiger charge is -2.33. The van der Waals surface area contributed by atoms with E-state index >= 15 is 0 Å². The Morgan fingerprint density at radius 1 is 1.00 bits per heavy atom. The van der Waals surface area contributed by atoms with Gasteiger partial charge in [0.2, 0.25) is 0 Å². The first-order valence-electron chi connectivity index (χ1n) is 4.56. The van der Waals surface area contributed by atoms with Crippen LogP contribution in [0.4, 0.5) is 30.7 Å². The van der Waals surface area contributed by atoms with Gasteiger partial charge in [0.1, 0.15) is 6.10 Å². The highest BCUT2D eigenvalue weighted by molar-refractivity contribution is 5.00. The number of alkyl halides is 7. The van der Waals surface area contributed by atoms with Crippen molar-refractivity contribution < 1.29 is 40.6 Å². The Morgan fingerprint density at radius 3 is 1.71 bits per heavy atom. The van der Waals surface area contributed by atoms with Crippen LogP contribution in [0.2, 0.25) is 0 Å². The molecule has 1 N–H and O–H groups in total. The quantitative estimate of drug-likeness (QED) is 0.615. The Hall–Kier alpha value is -0.570. The molecule has 2 nitrogen and oxygen atoms in total. The molecule has 0 aromatic heterocycles. The third-order valence-electron chi connectivity index (χ3n) is 2.02. The minimum absolute atomic E-state index is 0.0318. The summed E-state index contributed by atoms with van der Waals surface area (Å²) >= 11 is 0. The van der Waals surface area contributed by atoms with Crippen LogP contribution < -0.4 is 0 Å². The molecule has 0 aromatic carbocycles. The van der Waals surface area contributed by atoms with Gasteiger partial charge in [-0.3, -0.25) is 0 Å². The van der Waals surface area contributed by atoms with Crippen LogP contribution in [-0.2, 0) is 4.74 Å². The Balaban J connectivity index is 4.95. The summed E-state index contributed by atoms with van der Waals surface area (Å²) in [6.07, 6.45) is -16.8. The molecule has 1 unspecified atom stereocenters. The lowest BCUT2D eigenvalue weighted by atomic mass is 9.95. The zero-order chi connectivity index (χ0) is 13.9. The average Bonchev–Trinajstić information content (AvgIpc) is 2.13. The van der Waals surface area contributed by atoms with Crippen LogP contribution in [0.1, 0.15) is 13.3 Å². The average molecular weight is 272 g/mol. The van der Waals surface area contributed by atoms with Gasteiger partial charge in [-0.15, -0.1) is 0 Å². The van der Waals surface area contributed by atoms with Gasteiger partial charge in [-0.2, -0.15) is 26.3 Å². The molecule has 0 radical (unpaired) electrons. The second-order valence-electron chi connectivity index (χ2n) is 3.21. The summed E-state index contributed by atoms with van der Waals surface area (Å²) in [5.41, 5.74) is -5.64. The molecule has 0 aliphatic carbocycles. The van der Waals surface area contributed by atoms with E-state index in [-0.39, 0.29) is 6.61 Å². The molecule has 0 rings (SSSR count). The SMILES string of the molecule is CCOCCC(O)C(F)(C(F)(F)F)C(F)(F)F. The van der Waals surface area contributed by atoms with E-state index < -0.39 is 37.2 Å². The number of aliphatic hydroxyl groups is 1. The fourth-order valence-electron chi connectivity index (χ4n) is 1.08. The number of hydrogen-bond donors (Lipinski definition) is 1. The standard InChI is InChI=1S/C8H11F7O2/c1-2-17-4-3-5(16)6(9,7(10,11)12)8(13,14)15/h5,16H,2-4H2,1H3. The van der Waals surface area contributed by atoms with Gasteiger partial charge in [-0.1, -0.05) is 0 Å². The van der Waals surface area contributed by atoms with Crippen molar-refractivity contribution in [2.75, 3.05) is 13.2 Å². The number of rotatable bonds is 5.